The van der Waals surface area contributed by atoms with Gasteiger partial charge in [0.1, 0.15) is 16.5 Å². The molecule has 2 amide bonds. The molecule has 2 aromatic rings. The number of aromatic nitrogens is 2. The molecule has 2 heterocycles. The van der Waals surface area contributed by atoms with E-state index >= 15 is 0 Å². The van der Waals surface area contributed by atoms with E-state index in [0.29, 0.717) is 48.1 Å². The molecule has 8 nitrogen and oxygen atoms in total. The first kappa shape index (κ1) is 19.1. The number of hydrogen-bond acceptors (Lipinski definition) is 7. The summed E-state index contributed by atoms with van der Waals surface area (Å²) in [6.07, 6.45) is 1.22. The molecular weight excluding hydrogens is 368 g/mol. The molecule has 9 heteroatoms. The van der Waals surface area contributed by atoms with Crippen molar-refractivity contribution in [3.63, 3.8) is 0 Å². The lowest BCUT2D eigenvalue weighted by atomic mass is 9.95. The number of rotatable bonds is 5. The fraction of sp³-hybridized carbons (Fsp3) is 0.444. The molecule has 0 bridgehead atoms. The van der Waals surface area contributed by atoms with Gasteiger partial charge in [0.2, 0.25) is 11.0 Å². The second kappa shape index (κ2) is 8.34. The third kappa shape index (κ3) is 4.54. The molecule has 0 aliphatic carbocycles. The van der Waals surface area contributed by atoms with Crippen molar-refractivity contribution < 1.29 is 19.1 Å². The Morgan fingerprint density at radius 2 is 1.74 bits per heavy atom. The Morgan fingerprint density at radius 1 is 1.11 bits per heavy atom. The van der Waals surface area contributed by atoms with Gasteiger partial charge in [-0.3, -0.25) is 9.59 Å². The van der Waals surface area contributed by atoms with Gasteiger partial charge in [0.05, 0.1) is 14.2 Å². The summed E-state index contributed by atoms with van der Waals surface area (Å²) in [6.45, 7) is 2.88. The van der Waals surface area contributed by atoms with Crippen LogP contribution in [0.3, 0.4) is 0 Å². The van der Waals surface area contributed by atoms with E-state index in [4.69, 9.17) is 9.47 Å². The van der Waals surface area contributed by atoms with Crippen LogP contribution in [0.5, 0.6) is 11.5 Å². The minimum Gasteiger partial charge on any atom is -0.497 e. The SMILES string of the molecule is COc1cc(OC)cc(C(=O)N2CCC(C(=O)Nc3nnc(C)s3)CC2)c1. The topological polar surface area (TPSA) is 93.7 Å². The number of piperidine rings is 1. The van der Waals surface area contributed by atoms with Gasteiger partial charge < -0.3 is 19.7 Å². The van der Waals surface area contributed by atoms with Gasteiger partial charge in [-0.1, -0.05) is 11.3 Å². The maximum Gasteiger partial charge on any atom is 0.254 e. The number of benzene rings is 1. The summed E-state index contributed by atoms with van der Waals surface area (Å²) in [7, 11) is 3.10. The van der Waals surface area contributed by atoms with Crippen LogP contribution >= 0.6 is 11.3 Å². The molecule has 0 spiro atoms. The summed E-state index contributed by atoms with van der Waals surface area (Å²) in [5.41, 5.74) is 0.512. The smallest absolute Gasteiger partial charge is 0.254 e. The van der Waals surface area contributed by atoms with Crippen molar-refractivity contribution in [2.45, 2.75) is 19.8 Å². The van der Waals surface area contributed by atoms with Crippen LogP contribution in [-0.2, 0) is 4.79 Å². The maximum atomic E-state index is 12.8. The Kier molecular flexibility index (Phi) is 5.90. The van der Waals surface area contributed by atoms with Crippen molar-refractivity contribution in [2.75, 3.05) is 32.6 Å². The van der Waals surface area contributed by atoms with Gasteiger partial charge in [-0.05, 0) is 31.9 Å². The van der Waals surface area contributed by atoms with Crippen LogP contribution in [0.25, 0.3) is 0 Å². The number of aryl methyl sites for hydroxylation is 1. The van der Waals surface area contributed by atoms with Gasteiger partial charge in [0.15, 0.2) is 0 Å². The lowest BCUT2D eigenvalue weighted by molar-refractivity contribution is -0.121. The molecule has 1 aliphatic rings. The predicted octanol–water partition coefficient (Wildman–Crippen LogP) is 2.35. The number of ether oxygens (including phenoxy) is 2. The average molecular weight is 390 g/mol. The second-order valence-electron chi connectivity index (χ2n) is 6.28. The number of methoxy groups -OCH3 is 2. The lowest BCUT2D eigenvalue weighted by Crippen LogP contribution is -2.41. The minimum absolute atomic E-state index is 0.0682. The van der Waals surface area contributed by atoms with Crippen molar-refractivity contribution in [1.29, 1.82) is 0 Å². The molecule has 1 N–H and O–H groups in total. The van der Waals surface area contributed by atoms with Crippen molar-refractivity contribution in [3.8, 4) is 11.5 Å². The Balaban J connectivity index is 1.60. The number of nitrogens with one attached hydrogen (secondary N) is 1. The molecule has 1 aliphatic heterocycles. The van der Waals surface area contributed by atoms with E-state index < -0.39 is 0 Å². The van der Waals surface area contributed by atoms with E-state index in [-0.39, 0.29) is 17.7 Å². The number of hydrogen-bond donors (Lipinski definition) is 1. The van der Waals surface area contributed by atoms with Gasteiger partial charge in [-0.25, -0.2) is 0 Å². The van der Waals surface area contributed by atoms with Crippen LogP contribution in [-0.4, -0.2) is 54.2 Å². The molecule has 1 fully saturated rings. The third-order valence-corrected chi connectivity index (χ3v) is 5.26. The lowest BCUT2D eigenvalue weighted by Gasteiger charge is -2.31. The zero-order chi connectivity index (χ0) is 19.4. The first-order chi connectivity index (χ1) is 13.0. The van der Waals surface area contributed by atoms with Gasteiger partial charge in [-0.2, -0.15) is 0 Å². The van der Waals surface area contributed by atoms with E-state index in [9.17, 15) is 9.59 Å². The fourth-order valence-electron chi connectivity index (χ4n) is 3.01. The molecule has 0 radical (unpaired) electrons. The first-order valence-electron chi connectivity index (χ1n) is 8.63. The van der Waals surface area contributed by atoms with Crippen LogP contribution in [0.1, 0.15) is 28.2 Å². The maximum absolute atomic E-state index is 12.8. The summed E-state index contributed by atoms with van der Waals surface area (Å²) in [6, 6.07) is 5.12. The van der Waals surface area contributed by atoms with E-state index in [1.165, 1.54) is 11.3 Å². The largest absolute Gasteiger partial charge is 0.497 e. The normalized spacial score (nSPS) is 14.7. The number of likely N-dealkylation sites (tertiary alicyclic amines) is 1. The molecule has 0 atom stereocenters. The van der Waals surface area contributed by atoms with Crippen LogP contribution < -0.4 is 14.8 Å². The molecule has 27 heavy (non-hydrogen) atoms. The fourth-order valence-corrected chi connectivity index (χ4v) is 3.61. The zero-order valence-corrected chi connectivity index (χ0v) is 16.3. The van der Waals surface area contributed by atoms with E-state index in [1.807, 2.05) is 6.92 Å². The highest BCUT2D eigenvalue weighted by Crippen LogP contribution is 2.26. The minimum atomic E-state index is -0.141. The van der Waals surface area contributed by atoms with Gasteiger partial charge >= 0.3 is 0 Å². The number of amides is 2. The summed E-state index contributed by atoms with van der Waals surface area (Å²) >= 11 is 1.35. The van der Waals surface area contributed by atoms with Crippen molar-refractivity contribution in [2.24, 2.45) is 5.92 Å². The first-order valence-corrected chi connectivity index (χ1v) is 9.45. The Hall–Kier alpha value is -2.68. The standard InChI is InChI=1S/C18H22N4O4S/c1-11-20-21-18(27-11)19-16(23)12-4-6-22(7-5-12)17(24)13-8-14(25-2)10-15(9-13)26-3/h8-10,12H,4-7H2,1-3H3,(H,19,21,23). The highest BCUT2D eigenvalue weighted by Gasteiger charge is 2.28. The number of anilines is 1. The molecule has 1 aromatic carbocycles. The molecule has 1 saturated heterocycles. The van der Waals surface area contributed by atoms with Crippen molar-refractivity contribution in [3.05, 3.63) is 28.8 Å². The van der Waals surface area contributed by atoms with E-state index in [2.05, 4.69) is 15.5 Å². The zero-order valence-electron chi connectivity index (χ0n) is 15.5. The van der Waals surface area contributed by atoms with Gasteiger partial charge in [0, 0.05) is 30.6 Å². The molecule has 3 rings (SSSR count). The highest BCUT2D eigenvalue weighted by molar-refractivity contribution is 7.15. The predicted molar refractivity (Wildman–Crippen MR) is 101 cm³/mol. The summed E-state index contributed by atoms with van der Waals surface area (Å²) in [4.78, 5) is 26.9. The number of nitrogens with zero attached hydrogens (tertiary/aromatic N) is 3. The molecule has 144 valence electrons. The molecular formula is C18H22N4O4S. The van der Waals surface area contributed by atoms with Gasteiger partial charge in [0.25, 0.3) is 5.91 Å². The third-order valence-electron chi connectivity index (χ3n) is 4.51. The highest BCUT2D eigenvalue weighted by atomic mass is 32.1. The molecule has 0 saturated carbocycles. The van der Waals surface area contributed by atoms with Crippen LogP contribution in [0.4, 0.5) is 5.13 Å². The Labute approximate surface area is 161 Å². The number of carbonyl (C=O) groups excluding carboxylic acids is 2. The monoisotopic (exact) mass is 390 g/mol. The second-order valence-corrected chi connectivity index (χ2v) is 7.46. The Bertz CT molecular complexity index is 808. The molecule has 0 unspecified atom stereocenters. The van der Waals surface area contributed by atoms with Crippen LogP contribution in [0.2, 0.25) is 0 Å². The van der Waals surface area contributed by atoms with Crippen molar-refractivity contribution >= 4 is 28.3 Å². The van der Waals surface area contributed by atoms with E-state index in [0.717, 1.165) is 5.01 Å². The summed E-state index contributed by atoms with van der Waals surface area (Å²) < 4.78 is 10.5. The molecule has 1 aromatic heterocycles. The number of carbonyl (C=O) groups is 2. The Morgan fingerprint density at radius 3 is 2.26 bits per heavy atom. The van der Waals surface area contributed by atoms with Gasteiger partial charge in [-0.15, -0.1) is 10.2 Å². The summed E-state index contributed by atoms with van der Waals surface area (Å²) in [5.74, 6) is 0.837. The summed E-state index contributed by atoms with van der Waals surface area (Å²) in [5, 5.41) is 11.9. The quantitative estimate of drug-likeness (QED) is 0.842. The van der Waals surface area contributed by atoms with E-state index in [1.54, 1.807) is 37.3 Å². The van der Waals surface area contributed by atoms with Crippen LogP contribution in [0, 0.1) is 12.8 Å². The average Bonchev–Trinajstić information content (AvgIpc) is 3.11. The van der Waals surface area contributed by atoms with Crippen LogP contribution in [0.15, 0.2) is 18.2 Å². The van der Waals surface area contributed by atoms with Crippen molar-refractivity contribution in [1.82, 2.24) is 15.1 Å².